The zero-order valence-corrected chi connectivity index (χ0v) is 13.2. The van der Waals surface area contributed by atoms with Gasteiger partial charge in [-0.1, -0.05) is 0 Å². The Morgan fingerprint density at radius 2 is 2.19 bits per heavy atom. The summed E-state index contributed by atoms with van der Waals surface area (Å²) in [7, 11) is 0. The minimum absolute atomic E-state index is 0.0250. The van der Waals surface area contributed by atoms with Crippen molar-refractivity contribution in [3.05, 3.63) is 22.2 Å². The topological polar surface area (TPSA) is 59.5 Å². The summed E-state index contributed by atoms with van der Waals surface area (Å²) < 4.78 is 5.02. The summed E-state index contributed by atoms with van der Waals surface area (Å²) in [4.78, 5) is 29.8. The first-order valence-electron chi connectivity index (χ1n) is 7.16. The van der Waals surface area contributed by atoms with Crippen LogP contribution in [0.4, 0.5) is 0 Å². The maximum atomic E-state index is 12.1. The van der Waals surface area contributed by atoms with Crippen molar-refractivity contribution in [2.75, 3.05) is 19.7 Å². The van der Waals surface area contributed by atoms with Crippen molar-refractivity contribution < 1.29 is 14.3 Å². The van der Waals surface area contributed by atoms with E-state index in [4.69, 9.17) is 4.74 Å². The van der Waals surface area contributed by atoms with Crippen LogP contribution in [0.5, 0.6) is 0 Å². The molecule has 2 heterocycles. The van der Waals surface area contributed by atoms with Gasteiger partial charge in [0.05, 0.1) is 23.2 Å². The number of esters is 1. The Labute approximate surface area is 128 Å². The zero-order chi connectivity index (χ0) is 15.2. The molecule has 0 atom stereocenters. The molecule has 1 aromatic rings. The van der Waals surface area contributed by atoms with Crippen molar-refractivity contribution >= 4 is 29.3 Å². The number of aryl methyl sites for hydroxylation is 1. The van der Waals surface area contributed by atoms with Crippen molar-refractivity contribution in [2.45, 2.75) is 26.7 Å². The maximum absolute atomic E-state index is 12.1. The maximum Gasteiger partial charge on any atom is 0.309 e. The van der Waals surface area contributed by atoms with Gasteiger partial charge in [0.2, 0.25) is 5.91 Å². The van der Waals surface area contributed by atoms with Crippen LogP contribution in [-0.2, 0) is 14.3 Å². The van der Waals surface area contributed by atoms with E-state index in [1.54, 1.807) is 28.4 Å². The zero-order valence-electron chi connectivity index (χ0n) is 12.4. The quantitative estimate of drug-likeness (QED) is 0.632. The normalized spacial score (nSPS) is 16.4. The predicted molar refractivity (Wildman–Crippen MR) is 81.8 cm³/mol. The van der Waals surface area contributed by atoms with Crippen LogP contribution in [0.2, 0.25) is 0 Å². The molecule has 1 aliphatic heterocycles. The monoisotopic (exact) mass is 308 g/mol. The molecule has 0 saturated carbocycles. The van der Waals surface area contributed by atoms with Gasteiger partial charge in [-0.05, 0) is 32.8 Å². The van der Waals surface area contributed by atoms with Crippen LogP contribution in [0.1, 0.15) is 30.5 Å². The van der Waals surface area contributed by atoms with E-state index in [-0.39, 0.29) is 17.8 Å². The van der Waals surface area contributed by atoms with E-state index in [1.165, 1.54) is 0 Å². The molecule has 2 rings (SSSR count). The highest BCUT2D eigenvalue weighted by Gasteiger charge is 2.27. The number of thiazole rings is 1. The summed E-state index contributed by atoms with van der Waals surface area (Å²) in [6.45, 7) is 5.35. The summed E-state index contributed by atoms with van der Waals surface area (Å²) in [6, 6.07) is 0. The van der Waals surface area contributed by atoms with E-state index < -0.39 is 0 Å². The number of aromatic nitrogens is 1. The number of nitrogens with zero attached hydrogens (tertiary/aromatic N) is 2. The van der Waals surface area contributed by atoms with E-state index in [2.05, 4.69) is 4.98 Å². The summed E-state index contributed by atoms with van der Waals surface area (Å²) in [5.41, 5.74) is 0.812. The van der Waals surface area contributed by atoms with Crippen molar-refractivity contribution in [3.8, 4) is 0 Å². The third kappa shape index (κ3) is 4.39. The first-order chi connectivity index (χ1) is 10.1. The molecule has 0 N–H and O–H groups in total. The third-order valence-corrected chi connectivity index (χ3v) is 4.25. The van der Waals surface area contributed by atoms with Gasteiger partial charge >= 0.3 is 5.97 Å². The van der Waals surface area contributed by atoms with Crippen molar-refractivity contribution in [1.82, 2.24) is 9.88 Å². The number of ether oxygens (including phenoxy) is 1. The molecule has 1 aliphatic rings. The molecule has 1 fully saturated rings. The van der Waals surface area contributed by atoms with Gasteiger partial charge in [0.25, 0.3) is 0 Å². The average molecular weight is 308 g/mol. The lowest BCUT2D eigenvalue weighted by Crippen LogP contribution is -2.39. The smallest absolute Gasteiger partial charge is 0.309 e. The van der Waals surface area contributed by atoms with E-state index in [9.17, 15) is 9.59 Å². The lowest BCUT2D eigenvalue weighted by Gasteiger charge is -2.30. The Morgan fingerprint density at radius 3 is 2.76 bits per heavy atom. The minimum atomic E-state index is -0.141. The molecule has 1 amide bonds. The SMILES string of the molecule is CCOC(=O)C1CCN(C(=O)/C=C/c2csc(C)n2)CC1. The van der Waals surface area contributed by atoms with Crippen molar-refractivity contribution in [1.29, 1.82) is 0 Å². The summed E-state index contributed by atoms with van der Waals surface area (Å²) >= 11 is 1.56. The Balaban J connectivity index is 1.83. The molecule has 0 radical (unpaired) electrons. The molecular weight excluding hydrogens is 288 g/mol. The van der Waals surface area contributed by atoms with Crippen LogP contribution in [-0.4, -0.2) is 41.5 Å². The summed E-state index contributed by atoms with van der Waals surface area (Å²) in [6.07, 6.45) is 4.64. The molecule has 0 aromatic carbocycles. The molecule has 1 aromatic heterocycles. The van der Waals surface area contributed by atoms with Crippen molar-refractivity contribution in [3.63, 3.8) is 0 Å². The number of carbonyl (C=O) groups is 2. The van der Waals surface area contributed by atoms with Gasteiger partial charge in [-0.3, -0.25) is 9.59 Å². The highest BCUT2D eigenvalue weighted by Crippen LogP contribution is 2.19. The first-order valence-corrected chi connectivity index (χ1v) is 8.04. The second-order valence-electron chi connectivity index (χ2n) is 4.98. The van der Waals surface area contributed by atoms with Crippen LogP contribution in [0.25, 0.3) is 6.08 Å². The fourth-order valence-electron chi connectivity index (χ4n) is 2.31. The lowest BCUT2D eigenvalue weighted by molar-refractivity contribution is -0.150. The van der Waals surface area contributed by atoms with Gasteiger partial charge in [0.15, 0.2) is 0 Å². The van der Waals surface area contributed by atoms with E-state index in [0.717, 1.165) is 10.7 Å². The van der Waals surface area contributed by atoms with E-state index in [1.807, 2.05) is 19.2 Å². The van der Waals surface area contributed by atoms with E-state index in [0.29, 0.717) is 32.5 Å². The van der Waals surface area contributed by atoms with Gasteiger partial charge in [0, 0.05) is 24.5 Å². The molecule has 0 unspecified atom stereocenters. The van der Waals surface area contributed by atoms with E-state index >= 15 is 0 Å². The number of likely N-dealkylation sites (tertiary alicyclic amines) is 1. The molecule has 0 spiro atoms. The summed E-state index contributed by atoms with van der Waals surface area (Å²) in [5, 5.41) is 2.91. The Bertz CT molecular complexity index is 531. The second-order valence-corrected chi connectivity index (χ2v) is 6.04. The molecule has 114 valence electrons. The van der Waals surface area contributed by atoms with Crippen molar-refractivity contribution in [2.24, 2.45) is 5.92 Å². The average Bonchev–Trinajstić information content (AvgIpc) is 2.91. The largest absolute Gasteiger partial charge is 0.466 e. The molecule has 6 heteroatoms. The Kier molecular flexibility index (Phi) is 5.50. The highest BCUT2D eigenvalue weighted by molar-refractivity contribution is 7.09. The summed E-state index contributed by atoms with van der Waals surface area (Å²) in [5.74, 6) is -0.236. The fourth-order valence-corrected chi connectivity index (χ4v) is 2.90. The van der Waals surface area contributed by atoms with Gasteiger partial charge < -0.3 is 9.64 Å². The van der Waals surface area contributed by atoms with Gasteiger partial charge in [-0.2, -0.15) is 0 Å². The standard InChI is InChI=1S/C15H20N2O3S/c1-3-20-15(19)12-6-8-17(9-7-12)14(18)5-4-13-10-21-11(2)16-13/h4-5,10,12H,3,6-9H2,1-2H3/b5-4+. The van der Waals surface area contributed by atoms with Crippen LogP contribution in [0.3, 0.4) is 0 Å². The molecule has 5 nitrogen and oxygen atoms in total. The second kappa shape index (κ2) is 7.36. The van der Waals surface area contributed by atoms with Crippen LogP contribution in [0, 0.1) is 12.8 Å². The number of piperidine rings is 1. The van der Waals surface area contributed by atoms with Crippen LogP contribution < -0.4 is 0 Å². The molecule has 21 heavy (non-hydrogen) atoms. The van der Waals surface area contributed by atoms with Crippen LogP contribution in [0.15, 0.2) is 11.5 Å². The fraction of sp³-hybridized carbons (Fsp3) is 0.533. The molecule has 0 bridgehead atoms. The Hall–Kier alpha value is -1.69. The van der Waals surface area contributed by atoms with Gasteiger partial charge in [-0.25, -0.2) is 4.98 Å². The lowest BCUT2D eigenvalue weighted by atomic mass is 9.97. The Morgan fingerprint density at radius 1 is 1.48 bits per heavy atom. The number of carbonyl (C=O) groups excluding carboxylic acids is 2. The predicted octanol–water partition coefficient (Wildman–Crippen LogP) is 2.27. The first kappa shape index (κ1) is 15.7. The molecule has 0 aliphatic carbocycles. The number of hydrogen-bond acceptors (Lipinski definition) is 5. The van der Waals surface area contributed by atoms with Gasteiger partial charge in [-0.15, -0.1) is 11.3 Å². The minimum Gasteiger partial charge on any atom is -0.466 e. The molecular formula is C15H20N2O3S. The number of amides is 1. The number of rotatable bonds is 4. The number of hydrogen-bond donors (Lipinski definition) is 0. The third-order valence-electron chi connectivity index (χ3n) is 3.46. The van der Waals surface area contributed by atoms with Gasteiger partial charge in [0.1, 0.15) is 0 Å². The molecule has 1 saturated heterocycles. The van der Waals surface area contributed by atoms with Crippen LogP contribution >= 0.6 is 11.3 Å². The highest BCUT2D eigenvalue weighted by atomic mass is 32.1.